The number of carbonyl (C=O) groups excluding carboxylic acids is 1. The molecule has 1 aromatic carbocycles. The number of furan rings is 1. The summed E-state index contributed by atoms with van der Waals surface area (Å²) in [4.78, 5) is 13.1. The minimum absolute atomic E-state index is 0.00348. The Morgan fingerprint density at radius 3 is 2.82 bits per heavy atom. The summed E-state index contributed by atoms with van der Waals surface area (Å²) in [6, 6.07) is 6.45. The van der Waals surface area contributed by atoms with Gasteiger partial charge in [-0.3, -0.25) is 4.79 Å². The van der Waals surface area contributed by atoms with Gasteiger partial charge in [0.25, 0.3) is 0 Å². The largest absolute Gasteiger partial charge is 0.489 e. The zero-order valence-corrected chi connectivity index (χ0v) is 15.2. The number of nitrogens with zero attached hydrogens (tertiary/aromatic N) is 1. The Balaban J connectivity index is 1.51. The molecular weight excluding hydrogens is 373 g/mol. The smallest absolute Gasteiger partial charge is 0.431 e. The predicted octanol–water partition coefficient (Wildman–Crippen LogP) is 3.70. The molecule has 0 aliphatic carbocycles. The van der Waals surface area contributed by atoms with Crippen molar-refractivity contribution in [1.82, 2.24) is 10.2 Å². The predicted molar refractivity (Wildman–Crippen MR) is 96.8 cm³/mol. The number of aryl methyl sites for hydroxylation is 1. The van der Waals surface area contributed by atoms with Gasteiger partial charge in [-0.25, -0.2) is 0 Å². The van der Waals surface area contributed by atoms with Crippen molar-refractivity contribution >= 4 is 16.9 Å². The highest BCUT2D eigenvalue weighted by atomic mass is 19.4. The highest BCUT2D eigenvalue weighted by Crippen LogP contribution is 2.34. The van der Waals surface area contributed by atoms with Crippen LogP contribution in [0, 0.1) is 6.92 Å². The summed E-state index contributed by atoms with van der Waals surface area (Å²) in [5.41, 5.74) is 0.614. The lowest BCUT2D eigenvalue weighted by Gasteiger charge is -2.35. The van der Waals surface area contributed by atoms with Crippen LogP contribution in [0.15, 0.2) is 52.1 Å². The number of rotatable bonds is 4. The first-order valence-corrected chi connectivity index (χ1v) is 8.95. The van der Waals surface area contributed by atoms with Gasteiger partial charge in [-0.05, 0) is 49.3 Å². The average Bonchev–Trinajstić information content (AvgIpc) is 3.22. The summed E-state index contributed by atoms with van der Waals surface area (Å²) in [6.45, 7) is 2.36. The van der Waals surface area contributed by atoms with Gasteiger partial charge >= 0.3 is 6.18 Å². The number of hydrogen-bond acceptors (Lipinski definition) is 4. The van der Waals surface area contributed by atoms with E-state index in [1.54, 1.807) is 12.1 Å². The number of carbonyl (C=O) groups is 1. The third kappa shape index (κ3) is 3.58. The molecule has 1 aromatic heterocycles. The number of ether oxygens (including phenoxy) is 1. The number of benzene rings is 1. The molecule has 1 amide bonds. The number of allylic oxidation sites excluding steroid dienone is 3. The molecule has 1 saturated heterocycles. The quantitative estimate of drug-likeness (QED) is 0.862. The number of fused-ring (bicyclic) bond motifs is 1. The Morgan fingerprint density at radius 1 is 1.29 bits per heavy atom. The molecule has 2 aliphatic heterocycles. The second-order valence-corrected chi connectivity index (χ2v) is 6.94. The summed E-state index contributed by atoms with van der Waals surface area (Å²) < 4.78 is 51.5. The molecule has 1 unspecified atom stereocenters. The second kappa shape index (κ2) is 6.92. The van der Waals surface area contributed by atoms with Crippen LogP contribution < -0.4 is 10.1 Å². The van der Waals surface area contributed by atoms with Gasteiger partial charge in [0, 0.05) is 18.5 Å². The van der Waals surface area contributed by atoms with Gasteiger partial charge in [0.1, 0.15) is 35.4 Å². The number of amides is 1. The number of halogens is 3. The zero-order valence-electron chi connectivity index (χ0n) is 15.2. The van der Waals surface area contributed by atoms with E-state index in [0.29, 0.717) is 24.3 Å². The zero-order chi connectivity index (χ0) is 19.9. The molecule has 3 heterocycles. The van der Waals surface area contributed by atoms with Crippen LogP contribution in [0.25, 0.3) is 11.0 Å². The highest BCUT2D eigenvalue weighted by molar-refractivity contribution is 5.84. The minimum atomic E-state index is -4.52. The molecule has 148 valence electrons. The summed E-state index contributed by atoms with van der Waals surface area (Å²) in [7, 11) is 0. The standard InChI is InChI=1S/C20H19F3N2O3/c1-12-8-14-9-15(3-4-17(14)28-12)27-11-13-2-5-18(20(21,22)23)25(10-13)16-6-7-24-19(16)26/h2-5,8-9,16H,6-7,10-11H2,1H3,(H,24,26). The van der Waals surface area contributed by atoms with Gasteiger partial charge in [-0.15, -0.1) is 0 Å². The molecule has 5 nitrogen and oxygen atoms in total. The van der Waals surface area contributed by atoms with Crippen molar-refractivity contribution in [3.05, 3.63) is 53.4 Å². The summed E-state index contributed by atoms with van der Waals surface area (Å²) in [5, 5.41) is 3.49. The Kier molecular flexibility index (Phi) is 4.56. The van der Waals surface area contributed by atoms with Crippen molar-refractivity contribution in [3.63, 3.8) is 0 Å². The molecule has 2 aromatic rings. The van der Waals surface area contributed by atoms with Gasteiger partial charge in [0.15, 0.2) is 0 Å². The van der Waals surface area contributed by atoms with Gasteiger partial charge in [0.05, 0.1) is 0 Å². The maximum Gasteiger partial charge on any atom is 0.431 e. The van der Waals surface area contributed by atoms with Crippen LogP contribution in [0.1, 0.15) is 12.2 Å². The maximum absolute atomic E-state index is 13.4. The minimum Gasteiger partial charge on any atom is -0.489 e. The summed E-state index contributed by atoms with van der Waals surface area (Å²) in [5.74, 6) is 1.01. The maximum atomic E-state index is 13.4. The van der Waals surface area contributed by atoms with Gasteiger partial charge in [0.2, 0.25) is 5.91 Å². The molecule has 4 rings (SSSR count). The van der Waals surface area contributed by atoms with E-state index in [9.17, 15) is 18.0 Å². The normalized spacial score (nSPS) is 20.2. The highest BCUT2D eigenvalue weighted by Gasteiger charge is 2.43. The lowest BCUT2D eigenvalue weighted by atomic mass is 10.1. The molecule has 8 heteroatoms. The fourth-order valence-electron chi connectivity index (χ4n) is 3.58. The Labute approximate surface area is 159 Å². The summed E-state index contributed by atoms with van der Waals surface area (Å²) >= 11 is 0. The topological polar surface area (TPSA) is 54.7 Å². The number of alkyl halides is 3. The third-order valence-electron chi connectivity index (χ3n) is 4.88. The van der Waals surface area contributed by atoms with Crippen LogP contribution in [0.3, 0.4) is 0 Å². The first-order valence-electron chi connectivity index (χ1n) is 8.95. The van der Waals surface area contributed by atoms with E-state index in [4.69, 9.17) is 9.15 Å². The fourth-order valence-corrected chi connectivity index (χ4v) is 3.58. The summed E-state index contributed by atoms with van der Waals surface area (Å²) in [6.07, 6.45) is -1.73. The van der Waals surface area contributed by atoms with E-state index in [1.165, 1.54) is 6.08 Å². The lowest BCUT2D eigenvalue weighted by Crippen LogP contribution is -2.46. The lowest BCUT2D eigenvalue weighted by molar-refractivity contribution is -0.129. The van der Waals surface area contributed by atoms with Gasteiger partial charge < -0.3 is 19.4 Å². The molecule has 28 heavy (non-hydrogen) atoms. The average molecular weight is 392 g/mol. The SMILES string of the molecule is Cc1cc2cc(OCC3=CC=C(C(F)(F)F)N(C4CCNC4=O)C3)ccc2o1. The third-order valence-corrected chi connectivity index (χ3v) is 4.88. The number of hydrogen-bond donors (Lipinski definition) is 1. The van der Waals surface area contributed by atoms with Crippen LogP contribution in [-0.4, -0.2) is 42.7 Å². The van der Waals surface area contributed by atoms with Crippen molar-refractivity contribution in [1.29, 1.82) is 0 Å². The fraction of sp³-hybridized carbons (Fsp3) is 0.350. The second-order valence-electron chi connectivity index (χ2n) is 6.94. The van der Waals surface area contributed by atoms with Crippen LogP contribution in [0.4, 0.5) is 13.2 Å². The van der Waals surface area contributed by atoms with Crippen molar-refractivity contribution < 1.29 is 27.1 Å². The van der Waals surface area contributed by atoms with Crippen LogP contribution in [-0.2, 0) is 4.79 Å². The van der Waals surface area contributed by atoms with Crippen molar-refractivity contribution in [2.24, 2.45) is 0 Å². The Bertz CT molecular complexity index is 975. The van der Waals surface area contributed by atoms with Gasteiger partial charge in [-0.2, -0.15) is 13.2 Å². The van der Waals surface area contributed by atoms with Crippen molar-refractivity contribution in [2.75, 3.05) is 19.7 Å². The molecule has 2 aliphatic rings. The Hall–Kier alpha value is -2.90. The van der Waals surface area contributed by atoms with E-state index in [2.05, 4.69) is 5.32 Å². The molecule has 1 N–H and O–H groups in total. The monoisotopic (exact) mass is 392 g/mol. The van der Waals surface area contributed by atoms with Crippen LogP contribution in [0.2, 0.25) is 0 Å². The van der Waals surface area contributed by atoms with E-state index < -0.39 is 17.9 Å². The molecule has 0 radical (unpaired) electrons. The molecule has 0 spiro atoms. The van der Waals surface area contributed by atoms with Crippen molar-refractivity contribution in [3.8, 4) is 5.75 Å². The van der Waals surface area contributed by atoms with Crippen LogP contribution in [0.5, 0.6) is 5.75 Å². The number of nitrogens with one attached hydrogen (secondary N) is 1. The van der Waals surface area contributed by atoms with E-state index in [1.807, 2.05) is 19.1 Å². The van der Waals surface area contributed by atoms with Gasteiger partial charge in [-0.1, -0.05) is 6.08 Å². The molecule has 0 saturated carbocycles. The Morgan fingerprint density at radius 2 is 2.11 bits per heavy atom. The molecule has 1 atom stereocenters. The molecular formula is C20H19F3N2O3. The first-order chi connectivity index (χ1) is 13.3. The van der Waals surface area contributed by atoms with E-state index in [0.717, 1.165) is 27.7 Å². The first kappa shape index (κ1) is 18.5. The van der Waals surface area contributed by atoms with E-state index in [-0.39, 0.29) is 19.1 Å². The molecule has 0 bridgehead atoms. The van der Waals surface area contributed by atoms with Crippen molar-refractivity contribution in [2.45, 2.75) is 25.6 Å². The van der Waals surface area contributed by atoms with E-state index >= 15 is 0 Å². The van der Waals surface area contributed by atoms with Crippen LogP contribution >= 0.6 is 0 Å². The molecule has 1 fully saturated rings.